The number of thioether (sulfide) groups is 2. The maximum Gasteiger partial charge on any atom is 0.303 e. The number of amides is 14. The predicted octanol–water partition coefficient (Wildman–Crippen LogP) is -1.51. The van der Waals surface area contributed by atoms with E-state index in [1.165, 1.54) is 111 Å². The summed E-state index contributed by atoms with van der Waals surface area (Å²) in [5.74, 6) is -16.0. The monoisotopic (exact) mass is 1820 g/mol. The molecule has 4 heterocycles. The predicted molar refractivity (Wildman–Crippen MR) is 473 cm³/mol. The number of rotatable bonds is 25. The largest absolute Gasteiger partial charge is 0.508 e. The summed E-state index contributed by atoms with van der Waals surface area (Å²) in [5, 5.41) is 97.8. The molecule has 1 aliphatic heterocycles. The van der Waals surface area contributed by atoms with Crippen LogP contribution in [0.5, 0.6) is 11.5 Å². The lowest BCUT2D eigenvalue weighted by Gasteiger charge is -2.33. The number of nitrogens with zero attached hydrogens (tertiary/aromatic N) is 2. The summed E-state index contributed by atoms with van der Waals surface area (Å²) in [5.41, 5.74) is 13.2. The highest BCUT2D eigenvalue weighted by Crippen LogP contribution is 2.25. The number of hydrogen-bond donors (Lipinski definition) is 24. The molecule has 128 heavy (non-hydrogen) atoms. The number of imidazole rings is 1. The highest BCUT2D eigenvalue weighted by atomic mass is 32.2. The number of carbonyl (C=O) groups excluding carboxylic acids is 14. The van der Waals surface area contributed by atoms with Gasteiger partial charge in [-0.2, -0.15) is 23.5 Å². The summed E-state index contributed by atoms with van der Waals surface area (Å²) in [6, 6.07) is 0.249. The summed E-state index contributed by atoms with van der Waals surface area (Å²) >= 11 is 2.35. The van der Waals surface area contributed by atoms with Crippen LogP contribution in [-0.4, -0.2) is 249 Å². The number of aromatic nitrogens is 4. The number of hydrogen-bond acceptors (Lipinski definition) is 24. The van der Waals surface area contributed by atoms with E-state index < -0.39 is 204 Å². The van der Waals surface area contributed by atoms with Crippen LogP contribution in [0.1, 0.15) is 140 Å². The lowest BCUT2D eigenvalue weighted by Crippen LogP contribution is -2.63. The molecule has 0 aliphatic carbocycles. The van der Waals surface area contributed by atoms with Crippen LogP contribution in [0, 0.1) is 10.8 Å². The van der Waals surface area contributed by atoms with Crippen LogP contribution < -0.4 is 85.9 Å². The van der Waals surface area contributed by atoms with E-state index in [1.54, 1.807) is 65.0 Å². The minimum absolute atomic E-state index is 0.000683. The molecule has 14 amide bonds. The lowest BCUT2D eigenvalue weighted by molar-refractivity contribution is -0.139. The third kappa shape index (κ3) is 32.8. The number of guanidine groups is 1. The van der Waals surface area contributed by atoms with Crippen molar-refractivity contribution in [3.63, 3.8) is 0 Å². The maximum absolute atomic E-state index is 15.3. The van der Waals surface area contributed by atoms with Crippen molar-refractivity contribution < 1.29 is 97.5 Å². The van der Waals surface area contributed by atoms with Gasteiger partial charge in [-0.3, -0.25) is 77.3 Å². The second kappa shape index (κ2) is 49.9. The number of carboxylic acids is 1. The van der Waals surface area contributed by atoms with Crippen LogP contribution >= 0.6 is 23.5 Å². The van der Waals surface area contributed by atoms with Gasteiger partial charge in [0.1, 0.15) is 95.7 Å². The number of aromatic amines is 2. The van der Waals surface area contributed by atoms with Crippen LogP contribution in [0.2, 0.25) is 0 Å². The number of aliphatic carboxylic acids is 1. The molecule has 0 unspecified atom stereocenters. The van der Waals surface area contributed by atoms with Gasteiger partial charge in [-0.1, -0.05) is 96.0 Å². The molecular weight excluding hydrogens is 1700 g/mol. The van der Waals surface area contributed by atoms with Crippen LogP contribution in [0.4, 0.5) is 0 Å². The molecule has 6 aromatic rings. The highest BCUT2D eigenvalue weighted by Gasteiger charge is 2.42. The van der Waals surface area contributed by atoms with Crippen molar-refractivity contribution in [1.82, 2.24) is 94.4 Å². The zero-order valence-electron chi connectivity index (χ0n) is 72.3. The fraction of sp³-hybridized carbons (Fsp3) is 0.482. The van der Waals surface area contributed by atoms with Crippen molar-refractivity contribution in [3.05, 3.63) is 143 Å². The molecule has 7 rings (SSSR count). The summed E-state index contributed by atoms with van der Waals surface area (Å²) < 4.78 is 0. The van der Waals surface area contributed by atoms with E-state index in [1.807, 2.05) is 6.07 Å². The molecule has 694 valence electrons. The molecule has 1 aliphatic rings. The fourth-order valence-electron chi connectivity index (χ4n) is 13.7. The number of primary amides is 1. The summed E-state index contributed by atoms with van der Waals surface area (Å²) in [7, 11) is 0. The highest BCUT2D eigenvalue weighted by molar-refractivity contribution is 7.98. The Bertz CT molecular complexity index is 4840. The van der Waals surface area contributed by atoms with Gasteiger partial charge in [-0.15, -0.1) is 0 Å². The minimum Gasteiger partial charge on any atom is -0.508 e. The molecule has 15 atom stereocenters. The van der Waals surface area contributed by atoms with E-state index in [9.17, 15) is 68.7 Å². The Kier molecular flexibility index (Phi) is 39.8. The van der Waals surface area contributed by atoms with Crippen molar-refractivity contribution in [2.75, 3.05) is 18.1 Å². The van der Waals surface area contributed by atoms with E-state index in [-0.39, 0.29) is 110 Å². The second-order valence-corrected chi connectivity index (χ2v) is 34.3. The van der Waals surface area contributed by atoms with E-state index in [2.05, 4.69) is 94.4 Å². The van der Waals surface area contributed by atoms with Gasteiger partial charge in [-0.25, -0.2) is 9.97 Å². The van der Waals surface area contributed by atoms with Crippen molar-refractivity contribution in [1.29, 1.82) is 5.41 Å². The lowest BCUT2D eigenvalue weighted by atomic mass is 9.85. The summed E-state index contributed by atoms with van der Waals surface area (Å²) in [6.45, 7) is 11.8. The standard InChI is InChI=1S/C85H117N21O20S2/c1-9-14-56-72(115)97-59(28-29-66(112)113)74(117)98-60(33-47-20-24-53(110)25-21-47)76(119)96-57(15-10-2)75(118)104-68(45(4)108)82(125)102-64(70(86)114)41-127-39-49-16-11-17-50(32-49)40-128-42-65(103-73(116)58(94-46(5)109)19-13-31-91-84(87)88)80(123)106-69(85(6,7)8)83(126)101-61(34-48-22-26-54(111)27-23-48)77(120)99-63(36-52-38-89-43-93-52)79(122)105-67(44(3)107)81(124)100-62(78(121)95-56)35-51-37-92-71-55(51)18-12-30-90-71/h11-12,16-18,20-27,30,32,37-38,43-45,56-65,67-69,107-108,110-111H,9-10,13-15,19,28-29,31,33-36,39-42H2,1-8H3,(H2,86,114)(H,89,93)(H,90,92)(H,94,109)(H,95,121)(H,96,119)(H,97,115)(H,98,117)(H,99,120)(H,100,124)(H,101,126)(H,102,125)(H,103,116)(H,104,118)(H,105,122)(H,106,123)(H,112,113)(H4,87,88,91)/t44-,45-,56+,57+,58+,59+,60+,61+,62+,63+,64+,65+,67+,68+,69-/m1/s1. The summed E-state index contributed by atoms with van der Waals surface area (Å²) in [6.07, 6.45) is -0.437. The Morgan fingerprint density at radius 1 is 0.570 bits per heavy atom. The number of carboxylic acid groups (broad SMARTS) is 1. The number of H-pyrrole nitrogens is 2. The molecule has 41 nitrogen and oxygen atoms in total. The number of pyridine rings is 1. The first-order valence-corrected chi connectivity index (χ1v) is 44.1. The molecule has 0 saturated carbocycles. The molecule has 0 radical (unpaired) electrons. The van der Waals surface area contributed by atoms with Crippen LogP contribution in [0.3, 0.4) is 0 Å². The molecule has 2 bridgehead atoms. The first kappa shape index (κ1) is 102. The SMILES string of the molecule is CCC[C@@H]1NC(=O)[C@H](Cc2c[nH]c3ncccc23)NC(=O)[C@H]([C@@H](C)O)NC(=O)[C@H](Cc2cnc[nH]2)NC(=O)[C@H](Cc2ccc(O)cc2)NC(=O)[C@H](C(C)(C)C)NC(=O)[C@@H](NC(=O)[C@H](CCCNC(=N)N)NC(C)=O)CSCc2cccc(c2)CSC[C@@H](C(N)=O)NC(=O)[C@H]([C@@H](C)O)NC(=O)[C@H](CCC)NC(=O)[C@H](Cc2ccc(O)cc2)NC(=O)[C@H](CCC(=O)O)NC1=O. The molecular formula is C85H117N21O20S2. The van der Waals surface area contributed by atoms with Crippen molar-refractivity contribution in [3.8, 4) is 11.5 Å². The number of aromatic hydroxyl groups is 2. The number of phenols is 2. The number of fused-ring (bicyclic) bond motifs is 3. The fourth-order valence-corrected chi connectivity index (χ4v) is 15.7. The number of phenolic OH excluding ortho intramolecular Hbond substituents is 2. The molecule has 0 spiro atoms. The van der Waals surface area contributed by atoms with Crippen molar-refractivity contribution in [2.45, 2.75) is 235 Å². The molecule has 26 N–H and O–H groups in total. The van der Waals surface area contributed by atoms with Gasteiger partial charge in [-0.05, 0) is 116 Å². The Morgan fingerprint density at radius 3 is 1.54 bits per heavy atom. The first-order valence-electron chi connectivity index (χ1n) is 41.7. The Hall–Kier alpha value is -12.9. The topological polar surface area (TPSA) is 659 Å². The number of nitrogens with one attached hydrogen (secondary N) is 17. The Morgan fingerprint density at radius 2 is 1.05 bits per heavy atom. The van der Waals surface area contributed by atoms with Gasteiger partial charge < -0.3 is 121 Å². The molecule has 0 fully saturated rings. The van der Waals surface area contributed by atoms with Gasteiger partial charge in [0.2, 0.25) is 82.7 Å². The average Bonchev–Trinajstić information content (AvgIpc) is 1.54. The average molecular weight is 1820 g/mol. The molecule has 0 saturated heterocycles. The quantitative estimate of drug-likeness (QED) is 0.0176. The number of aliphatic hydroxyl groups is 2. The molecule has 3 aromatic carbocycles. The van der Waals surface area contributed by atoms with E-state index >= 15 is 28.8 Å². The van der Waals surface area contributed by atoms with E-state index in [0.717, 1.165) is 6.92 Å². The smallest absolute Gasteiger partial charge is 0.303 e. The van der Waals surface area contributed by atoms with Crippen LogP contribution in [0.25, 0.3) is 11.0 Å². The van der Waals surface area contributed by atoms with E-state index in [4.69, 9.17) is 16.9 Å². The van der Waals surface area contributed by atoms with Gasteiger partial charge in [0.25, 0.3) is 0 Å². The zero-order chi connectivity index (χ0) is 94.1. The van der Waals surface area contributed by atoms with Crippen molar-refractivity contribution >= 4 is 129 Å². The Balaban J connectivity index is 1.31. The van der Waals surface area contributed by atoms with Gasteiger partial charge in [0.15, 0.2) is 5.96 Å². The Labute approximate surface area is 747 Å². The maximum atomic E-state index is 15.3. The van der Waals surface area contributed by atoms with E-state index in [0.29, 0.717) is 38.9 Å². The number of carbonyl (C=O) groups is 15. The normalized spacial score (nSPS) is 22.8. The first-order chi connectivity index (χ1) is 60.7. The zero-order valence-corrected chi connectivity index (χ0v) is 73.9. The molecule has 43 heteroatoms. The third-order valence-corrected chi connectivity index (χ3v) is 22.7. The molecule has 3 aromatic heterocycles. The van der Waals surface area contributed by atoms with Gasteiger partial charge >= 0.3 is 5.97 Å². The number of benzene rings is 3. The second-order valence-electron chi connectivity index (χ2n) is 32.2. The number of nitrogens with two attached hydrogens (primary N) is 2. The minimum atomic E-state index is -1.97. The third-order valence-electron chi connectivity index (χ3n) is 20.5. The van der Waals surface area contributed by atoms with Gasteiger partial charge in [0, 0.05) is 98.3 Å². The summed E-state index contributed by atoms with van der Waals surface area (Å²) in [4.78, 5) is 231. The van der Waals surface area contributed by atoms with Gasteiger partial charge in [0.05, 0.1) is 18.5 Å². The number of aliphatic hydroxyl groups excluding tert-OH is 2. The van der Waals surface area contributed by atoms with Crippen LogP contribution in [0.15, 0.2) is 110 Å². The van der Waals surface area contributed by atoms with Crippen molar-refractivity contribution in [2.24, 2.45) is 16.9 Å². The van der Waals surface area contributed by atoms with Crippen LogP contribution in [-0.2, 0) is 109 Å².